The van der Waals surface area contributed by atoms with Crippen LogP contribution in [-0.2, 0) is 67.8 Å². The zero-order chi connectivity index (χ0) is 63.1. The number of nitrogens with zero attached hydrogens (tertiary/aromatic N) is 1. The molecule has 453 valence electrons. The van der Waals surface area contributed by atoms with E-state index in [1.54, 1.807) is 66.2 Å². The maximum atomic E-state index is 12.2. The molecule has 0 aliphatic rings. The number of ether oxygens (including phenoxy) is 4. The number of carboxylic acids is 1. The summed E-state index contributed by atoms with van der Waals surface area (Å²) in [5.74, 6) is 21.4. The van der Waals surface area contributed by atoms with E-state index < -0.39 is 50.3 Å². The molecule has 0 saturated heterocycles. The first kappa shape index (κ1) is 85.1. The number of hydrogen-bond donors (Lipinski definition) is 8. The molecule has 0 amide bonds. The van der Waals surface area contributed by atoms with Gasteiger partial charge in [-0.05, 0) is 108 Å². The summed E-state index contributed by atoms with van der Waals surface area (Å²) in [6.45, 7) is 10.8. The van der Waals surface area contributed by atoms with Crippen LogP contribution in [0.25, 0.3) is 0 Å². The number of Topliss-reactive ketones (excluding diaryl/α,β-unsaturated/α-hetero) is 1. The van der Waals surface area contributed by atoms with Gasteiger partial charge < -0.3 is 45.1 Å². The van der Waals surface area contributed by atoms with Crippen molar-refractivity contribution in [1.29, 1.82) is 0 Å². The molecular formula is C56H83AcN7O16S2. The number of carbonyl (C=O) groups excluding carboxylic acids is 5. The van der Waals surface area contributed by atoms with Crippen LogP contribution in [0.3, 0.4) is 0 Å². The monoisotopic (exact) mass is 1400 g/mol. The van der Waals surface area contributed by atoms with Crippen LogP contribution in [0.1, 0.15) is 70.9 Å². The zero-order valence-electron chi connectivity index (χ0n) is 49.9. The van der Waals surface area contributed by atoms with Crippen molar-refractivity contribution >= 4 is 55.7 Å². The fourth-order valence-electron chi connectivity index (χ4n) is 5.11. The van der Waals surface area contributed by atoms with Gasteiger partial charge in [0.25, 0.3) is 0 Å². The molecule has 0 bridgehead atoms. The number of rotatable bonds is 22. The van der Waals surface area contributed by atoms with Crippen molar-refractivity contribution in [1.82, 2.24) is 35.6 Å². The number of sulfonamides is 2. The Morgan fingerprint density at radius 1 is 0.537 bits per heavy atom. The van der Waals surface area contributed by atoms with Gasteiger partial charge in [0.1, 0.15) is 30.0 Å². The average Bonchev–Trinajstić information content (AvgIpc) is 3.44. The predicted octanol–water partition coefficient (Wildman–Crippen LogP) is 1.12. The van der Waals surface area contributed by atoms with Crippen LogP contribution in [0, 0.1) is 118 Å². The average molecular weight is 1400 g/mol. The number of aliphatic carboxylic acids is 1. The number of carboxylic acid groups (broad SMARTS) is 1. The van der Waals surface area contributed by atoms with E-state index in [9.17, 15) is 45.6 Å². The van der Waals surface area contributed by atoms with Crippen LogP contribution in [0.2, 0.25) is 0 Å². The van der Waals surface area contributed by atoms with Crippen LogP contribution in [0.15, 0.2) is 58.3 Å². The summed E-state index contributed by atoms with van der Waals surface area (Å²) in [5, 5.41) is 26.6. The normalized spacial score (nSPS) is 11.9. The van der Waals surface area contributed by atoms with Gasteiger partial charge in [0.15, 0.2) is 0 Å². The molecule has 0 aliphatic carbocycles. The summed E-state index contributed by atoms with van der Waals surface area (Å²) in [4.78, 5) is 67.6. The van der Waals surface area contributed by atoms with E-state index in [0.29, 0.717) is 25.8 Å². The van der Waals surface area contributed by atoms with Gasteiger partial charge in [-0.25, -0.2) is 21.6 Å². The largest absolute Gasteiger partial charge is 0.478 e. The van der Waals surface area contributed by atoms with E-state index in [1.165, 1.54) is 66.7 Å². The van der Waals surface area contributed by atoms with Crippen LogP contribution in [-0.4, -0.2) is 181 Å². The first-order valence-electron chi connectivity index (χ1n) is 24.4. The number of likely N-dealkylation sites (N-methyl/N-ethyl adjacent to an activating group) is 4. The summed E-state index contributed by atoms with van der Waals surface area (Å²) >= 11 is 0. The van der Waals surface area contributed by atoms with Crippen molar-refractivity contribution in [3.8, 4) is 59.7 Å². The van der Waals surface area contributed by atoms with Crippen LogP contribution < -0.4 is 30.7 Å². The van der Waals surface area contributed by atoms with Crippen molar-refractivity contribution in [2.75, 3.05) is 77.3 Å². The Morgan fingerprint density at radius 2 is 0.841 bits per heavy atom. The first-order chi connectivity index (χ1) is 38.1. The number of aryl methyl sites for hydroxylation is 2. The number of aliphatic hydroxyl groups is 1. The predicted molar refractivity (Wildman–Crippen MR) is 309 cm³/mol. The van der Waals surface area contributed by atoms with E-state index in [1.807, 2.05) is 32.8 Å². The molecule has 2 aromatic rings. The molecule has 6 unspecified atom stereocenters. The molecule has 82 heavy (non-hydrogen) atoms. The van der Waals surface area contributed by atoms with Gasteiger partial charge in [-0.3, -0.25) is 34.2 Å². The van der Waals surface area contributed by atoms with Crippen LogP contribution in [0.4, 0.5) is 0 Å². The maximum absolute atomic E-state index is 12.2. The van der Waals surface area contributed by atoms with E-state index in [2.05, 4.69) is 103 Å². The number of methoxy groups -OCH3 is 4. The molecule has 0 aliphatic heterocycles. The Hall–Kier alpha value is -5.72. The topological polar surface area (TPSA) is 324 Å². The van der Waals surface area contributed by atoms with Gasteiger partial charge in [-0.15, -0.1) is 47.9 Å². The van der Waals surface area contributed by atoms with Gasteiger partial charge in [-0.2, -0.15) is 9.44 Å². The Bertz CT molecular complexity index is 2750. The Balaban J connectivity index is -0.000000298. The van der Waals surface area contributed by atoms with E-state index in [4.69, 9.17) is 16.6 Å². The number of aliphatic hydroxyl groups excluding tert-OH is 1. The zero-order valence-corrected chi connectivity index (χ0v) is 56.2. The SMILES string of the molecule is C#CCC(NC)C(=O)OC.CC#CCC(NC)C(=O)OC.CC#CCC(NS(=O)(=O)c1ccc(C)cc1)C(=O)OC.CC#CCC(NS(=O)(=O)c1ccc(C)cc1)C(C)=O.CNC(CC#CCN(C)C)C(=O)OC.CNC(O)C(=O)O.[Ac]. The summed E-state index contributed by atoms with van der Waals surface area (Å²) in [5.41, 5.74) is 1.92. The minimum absolute atomic E-state index is 0. The molecule has 6 atom stereocenters. The number of nitrogens with one attached hydrogen (secondary N) is 6. The van der Waals surface area contributed by atoms with Crippen molar-refractivity contribution < 1.29 is 119 Å². The number of ketones is 1. The van der Waals surface area contributed by atoms with E-state index in [0.717, 1.165) is 11.1 Å². The minimum atomic E-state index is -3.78. The van der Waals surface area contributed by atoms with E-state index >= 15 is 0 Å². The Kier molecular flexibility index (Phi) is 52.9. The third kappa shape index (κ3) is 41.3. The fourth-order valence-corrected chi connectivity index (χ4v) is 7.55. The number of hydrogen-bond acceptors (Lipinski definition) is 20. The number of benzene rings is 2. The van der Waals surface area contributed by atoms with Crippen molar-refractivity contribution in [3.05, 3.63) is 59.7 Å². The summed E-state index contributed by atoms with van der Waals surface area (Å²) in [6, 6.07) is 9.98. The third-order valence-electron chi connectivity index (χ3n) is 9.84. The molecule has 8 N–H and O–H groups in total. The van der Waals surface area contributed by atoms with Crippen molar-refractivity contribution in [2.45, 2.75) is 120 Å². The summed E-state index contributed by atoms with van der Waals surface area (Å²) in [7, 11) is 8.16. The van der Waals surface area contributed by atoms with Gasteiger partial charge in [0.05, 0.1) is 50.8 Å². The molecule has 1 radical (unpaired) electrons. The third-order valence-corrected chi connectivity index (χ3v) is 12.8. The van der Waals surface area contributed by atoms with Gasteiger partial charge in [-0.1, -0.05) is 47.2 Å². The van der Waals surface area contributed by atoms with E-state index in [-0.39, 0.29) is 109 Å². The number of esters is 4. The van der Waals surface area contributed by atoms with Gasteiger partial charge >= 0.3 is 29.8 Å². The van der Waals surface area contributed by atoms with Gasteiger partial charge in [0.2, 0.25) is 26.3 Å². The summed E-state index contributed by atoms with van der Waals surface area (Å²) < 4.78 is 71.4. The van der Waals surface area contributed by atoms with Crippen LogP contribution in [0.5, 0.6) is 0 Å². The molecule has 0 fully saturated rings. The van der Waals surface area contributed by atoms with Crippen LogP contribution >= 0.6 is 0 Å². The Morgan fingerprint density at radius 3 is 1.11 bits per heavy atom. The second-order valence-corrected chi connectivity index (χ2v) is 19.8. The standard InChI is InChI=1S/C14H17NO4S.C14H17NO3S.C10H18N2O2.C8H13NO2.C7H11NO2.C3H7NO3.Ac/c1-4-5-6-13(14(16)19-3)15-20(17,18)12-9-7-11(2)8-10-12;1-4-5-6-14(12(3)16)15-19(17,18)13-9-7-11(2)8-10-13;1-11-9(10(13)14-4)7-5-6-8-12(2)3;1-4-5-6-7(9-2)8(10)11-3;1-4-5-6(8-2)7(9)10-3;1-4-2(5)3(6)7;/h7-10,13,15H,6H2,1-3H3;7-10,14-15H,6H2,1-3H3;9,11H,7-8H2,1-4H3;7,9H,6H2,1-3H3;1,6,8H,5H2,2-3H3;2,4-5H,1H3,(H,6,7);. The molecule has 26 heteroatoms. The molecule has 0 aromatic heterocycles. The van der Waals surface area contributed by atoms with Gasteiger partial charge in [0, 0.05) is 76.2 Å². The minimum Gasteiger partial charge on any atom is -0.478 e. The van der Waals surface area contributed by atoms with Crippen molar-refractivity contribution in [3.63, 3.8) is 0 Å². The first-order valence-corrected chi connectivity index (χ1v) is 27.4. The molecule has 0 saturated carbocycles. The molecule has 23 nitrogen and oxygen atoms in total. The maximum Gasteiger partial charge on any atom is 0.347 e. The summed E-state index contributed by atoms with van der Waals surface area (Å²) in [6.07, 6.45) is 5.16. The molecule has 0 spiro atoms. The fraction of sp³-hybridized carbons (Fsp3) is 0.500. The molecule has 2 rings (SSSR count). The molecule has 2 aromatic carbocycles. The number of carbonyl (C=O) groups is 6. The molecular weight excluding hydrogens is 1320 g/mol. The second-order valence-electron chi connectivity index (χ2n) is 16.3. The quantitative estimate of drug-likeness (QED) is 0.0354. The van der Waals surface area contributed by atoms with Crippen molar-refractivity contribution in [2.24, 2.45) is 0 Å². The smallest absolute Gasteiger partial charge is 0.347 e. The second kappa shape index (κ2) is 51.0. The molecule has 0 heterocycles. The number of terminal acetylenes is 1. The Labute approximate surface area is 522 Å².